The van der Waals surface area contributed by atoms with Crippen LogP contribution in [-0.4, -0.2) is 37.3 Å². The Morgan fingerprint density at radius 3 is 2.74 bits per heavy atom. The van der Waals surface area contributed by atoms with Gasteiger partial charge in [-0.2, -0.15) is 0 Å². The maximum atomic E-state index is 12.6. The SMILES string of the molecule is C=CCn1c(SCC(=O)Nc2nc3ccccc3s2)nnc1[C@@H](C)NC(=O)c1ccccc1Cl. The van der Waals surface area contributed by atoms with Gasteiger partial charge in [0.25, 0.3) is 5.91 Å². The number of nitrogens with zero attached hydrogens (tertiary/aromatic N) is 4. The van der Waals surface area contributed by atoms with Crippen LogP contribution < -0.4 is 10.6 Å². The van der Waals surface area contributed by atoms with Gasteiger partial charge < -0.3 is 15.2 Å². The summed E-state index contributed by atoms with van der Waals surface area (Å²) in [5.74, 6) is 0.176. The molecule has 2 aromatic carbocycles. The molecule has 0 saturated heterocycles. The van der Waals surface area contributed by atoms with Gasteiger partial charge in [0, 0.05) is 6.54 Å². The number of anilines is 1. The number of carbonyl (C=O) groups excluding carboxylic acids is 2. The summed E-state index contributed by atoms with van der Waals surface area (Å²) in [4.78, 5) is 29.6. The molecule has 0 aliphatic carbocycles. The number of thiazole rings is 1. The Balaban J connectivity index is 1.41. The van der Waals surface area contributed by atoms with Gasteiger partial charge in [-0.15, -0.1) is 16.8 Å². The first-order valence-electron chi connectivity index (χ1n) is 10.3. The van der Waals surface area contributed by atoms with Crippen molar-refractivity contribution in [1.29, 1.82) is 0 Å². The lowest BCUT2D eigenvalue weighted by Gasteiger charge is -2.15. The summed E-state index contributed by atoms with van der Waals surface area (Å²) in [6.07, 6.45) is 1.71. The van der Waals surface area contributed by atoms with E-state index in [0.29, 0.717) is 33.2 Å². The summed E-state index contributed by atoms with van der Waals surface area (Å²) < 4.78 is 2.83. The van der Waals surface area contributed by atoms with Crippen LogP contribution in [-0.2, 0) is 11.3 Å². The van der Waals surface area contributed by atoms with Crippen LogP contribution in [0.2, 0.25) is 5.02 Å². The zero-order valence-corrected chi connectivity index (χ0v) is 20.6. The molecule has 0 bridgehead atoms. The standard InChI is InChI=1S/C23H21ClN6O2S2/c1-3-12-30-20(14(2)25-21(32)15-8-4-5-9-16(15)24)28-29-23(30)33-13-19(31)27-22-26-17-10-6-7-11-18(17)34-22/h3-11,14H,1,12-13H2,2H3,(H,25,32)(H,26,27,31)/t14-/m1/s1. The quantitative estimate of drug-likeness (QED) is 0.243. The van der Waals surface area contributed by atoms with E-state index in [4.69, 9.17) is 11.6 Å². The van der Waals surface area contributed by atoms with Gasteiger partial charge in [-0.1, -0.05) is 65.0 Å². The number of hydrogen-bond acceptors (Lipinski definition) is 7. The van der Waals surface area contributed by atoms with Crippen LogP contribution >= 0.6 is 34.7 Å². The number of amides is 2. The van der Waals surface area contributed by atoms with E-state index in [9.17, 15) is 9.59 Å². The summed E-state index contributed by atoms with van der Waals surface area (Å²) in [6, 6.07) is 14.1. The van der Waals surface area contributed by atoms with Gasteiger partial charge in [0.15, 0.2) is 16.1 Å². The van der Waals surface area contributed by atoms with Crippen molar-refractivity contribution in [3.63, 3.8) is 0 Å². The van der Waals surface area contributed by atoms with E-state index in [1.807, 2.05) is 35.8 Å². The smallest absolute Gasteiger partial charge is 0.253 e. The van der Waals surface area contributed by atoms with Gasteiger partial charge in [-0.05, 0) is 31.2 Å². The highest BCUT2D eigenvalue weighted by molar-refractivity contribution is 7.99. The number of fused-ring (bicyclic) bond motifs is 1. The van der Waals surface area contributed by atoms with Crippen molar-refractivity contribution in [2.45, 2.75) is 24.7 Å². The fourth-order valence-corrected chi connectivity index (χ4v) is 5.08. The lowest BCUT2D eigenvalue weighted by atomic mass is 10.2. The molecule has 0 radical (unpaired) electrons. The van der Waals surface area contributed by atoms with Crippen molar-refractivity contribution < 1.29 is 9.59 Å². The molecule has 0 aliphatic rings. The third-order valence-corrected chi connectivity index (χ3v) is 7.03. The van der Waals surface area contributed by atoms with E-state index in [0.717, 1.165) is 10.2 Å². The van der Waals surface area contributed by atoms with Crippen LogP contribution in [0.15, 0.2) is 66.3 Å². The first-order valence-corrected chi connectivity index (χ1v) is 12.5. The average Bonchev–Trinajstić information content (AvgIpc) is 3.41. The Hall–Kier alpha value is -3.21. The fraction of sp³-hybridized carbons (Fsp3) is 0.174. The zero-order valence-electron chi connectivity index (χ0n) is 18.2. The van der Waals surface area contributed by atoms with Crippen LogP contribution in [0, 0.1) is 0 Å². The van der Waals surface area contributed by atoms with E-state index in [1.54, 1.807) is 30.3 Å². The second kappa shape index (κ2) is 10.8. The summed E-state index contributed by atoms with van der Waals surface area (Å²) >= 11 is 8.81. The lowest BCUT2D eigenvalue weighted by Crippen LogP contribution is -2.29. The van der Waals surface area contributed by atoms with Crippen LogP contribution in [0.5, 0.6) is 0 Å². The van der Waals surface area contributed by atoms with Gasteiger partial charge in [0.1, 0.15) is 0 Å². The molecule has 8 nitrogen and oxygen atoms in total. The summed E-state index contributed by atoms with van der Waals surface area (Å²) in [7, 11) is 0. The van der Waals surface area contributed by atoms with Crippen LogP contribution in [0.25, 0.3) is 10.2 Å². The second-order valence-corrected chi connectivity index (χ2v) is 9.62. The number of allylic oxidation sites excluding steroid dienone is 1. The van der Waals surface area contributed by atoms with Gasteiger partial charge in [-0.25, -0.2) is 4.98 Å². The third kappa shape index (κ3) is 5.46. The predicted octanol–water partition coefficient (Wildman–Crippen LogP) is 4.95. The van der Waals surface area contributed by atoms with E-state index < -0.39 is 6.04 Å². The normalized spacial score (nSPS) is 11.8. The lowest BCUT2D eigenvalue weighted by molar-refractivity contribution is -0.113. The molecule has 4 rings (SSSR count). The number of carbonyl (C=O) groups is 2. The number of hydrogen-bond donors (Lipinski definition) is 2. The minimum Gasteiger partial charge on any atom is -0.342 e. The molecule has 0 aliphatic heterocycles. The Labute approximate surface area is 209 Å². The number of para-hydroxylation sites is 1. The first kappa shape index (κ1) is 23.9. The summed E-state index contributed by atoms with van der Waals surface area (Å²) in [6.45, 7) is 6.03. The second-order valence-electron chi connectivity index (χ2n) is 7.24. The molecule has 0 spiro atoms. The number of benzene rings is 2. The molecule has 2 amide bonds. The Bertz CT molecular complexity index is 1320. The Kier molecular flexibility index (Phi) is 7.61. The number of halogens is 1. The van der Waals surface area contributed by atoms with Crippen molar-refractivity contribution in [3.05, 3.63) is 77.6 Å². The van der Waals surface area contributed by atoms with Crippen molar-refractivity contribution in [2.24, 2.45) is 0 Å². The van der Waals surface area contributed by atoms with E-state index in [2.05, 4.69) is 32.4 Å². The topological polar surface area (TPSA) is 102 Å². The van der Waals surface area contributed by atoms with Crippen molar-refractivity contribution in [2.75, 3.05) is 11.1 Å². The molecule has 34 heavy (non-hydrogen) atoms. The van der Waals surface area contributed by atoms with E-state index >= 15 is 0 Å². The summed E-state index contributed by atoms with van der Waals surface area (Å²) in [5, 5.41) is 15.7. The molecule has 1 atom stereocenters. The maximum Gasteiger partial charge on any atom is 0.253 e. The maximum absolute atomic E-state index is 12.6. The molecule has 2 N–H and O–H groups in total. The van der Waals surface area contributed by atoms with Crippen molar-refractivity contribution in [3.8, 4) is 0 Å². The van der Waals surface area contributed by atoms with Crippen LogP contribution in [0.4, 0.5) is 5.13 Å². The molecule has 0 fully saturated rings. The number of rotatable bonds is 9. The summed E-state index contributed by atoms with van der Waals surface area (Å²) in [5.41, 5.74) is 1.23. The number of nitrogens with one attached hydrogen (secondary N) is 2. The molecule has 0 unspecified atom stereocenters. The third-order valence-electron chi connectivity index (χ3n) is 4.78. The van der Waals surface area contributed by atoms with Crippen molar-refractivity contribution in [1.82, 2.24) is 25.1 Å². The monoisotopic (exact) mass is 512 g/mol. The van der Waals surface area contributed by atoms with Gasteiger partial charge >= 0.3 is 0 Å². The van der Waals surface area contributed by atoms with E-state index in [-0.39, 0.29) is 17.6 Å². The van der Waals surface area contributed by atoms with Gasteiger partial charge in [0.05, 0.1) is 32.6 Å². The minimum absolute atomic E-state index is 0.131. The predicted molar refractivity (Wildman–Crippen MR) is 137 cm³/mol. The molecular formula is C23H21ClN6O2S2. The zero-order chi connectivity index (χ0) is 24.1. The Morgan fingerprint density at radius 1 is 1.21 bits per heavy atom. The largest absolute Gasteiger partial charge is 0.342 e. The molecule has 174 valence electrons. The van der Waals surface area contributed by atoms with Gasteiger partial charge in [0.2, 0.25) is 5.91 Å². The van der Waals surface area contributed by atoms with E-state index in [1.165, 1.54) is 23.1 Å². The molecule has 0 saturated carbocycles. The highest BCUT2D eigenvalue weighted by Gasteiger charge is 2.21. The van der Waals surface area contributed by atoms with Gasteiger partial charge in [-0.3, -0.25) is 9.59 Å². The molecule has 4 aromatic rings. The fourth-order valence-electron chi connectivity index (χ4n) is 3.22. The highest BCUT2D eigenvalue weighted by Crippen LogP contribution is 2.26. The van der Waals surface area contributed by atoms with Crippen LogP contribution in [0.1, 0.15) is 29.1 Å². The van der Waals surface area contributed by atoms with Crippen LogP contribution in [0.3, 0.4) is 0 Å². The minimum atomic E-state index is -0.442. The Morgan fingerprint density at radius 2 is 1.97 bits per heavy atom. The number of thioether (sulfide) groups is 1. The molecular weight excluding hydrogens is 492 g/mol. The highest BCUT2D eigenvalue weighted by atomic mass is 35.5. The molecule has 2 aromatic heterocycles. The van der Waals surface area contributed by atoms with Crippen molar-refractivity contribution >= 4 is 61.9 Å². The molecule has 2 heterocycles. The average molecular weight is 513 g/mol. The molecule has 11 heteroatoms. The first-order chi connectivity index (χ1) is 16.5. The number of aromatic nitrogens is 4.